The van der Waals surface area contributed by atoms with Gasteiger partial charge in [0, 0.05) is 41.5 Å². The van der Waals surface area contributed by atoms with Crippen LogP contribution in [0, 0.1) is 10.1 Å². The van der Waals surface area contributed by atoms with Crippen molar-refractivity contribution in [2.24, 2.45) is 0 Å². The zero-order valence-corrected chi connectivity index (χ0v) is 15.2. The minimum Gasteiger partial charge on any atom is -0.383 e. The van der Waals surface area contributed by atoms with Gasteiger partial charge in [0.1, 0.15) is 6.04 Å². The van der Waals surface area contributed by atoms with Crippen LogP contribution in [0.4, 0.5) is 11.4 Å². The molecule has 2 aromatic rings. The molecular weight excluding hydrogens is 356 g/mol. The number of carbonyl (C=O) groups is 1. The molecule has 1 amide bonds. The van der Waals surface area contributed by atoms with Crippen LogP contribution in [0.2, 0.25) is 5.02 Å². The second-order valence-electron chi connectivity index (χ2n) is 5.83. The summed E-state index contributed by atoms with van der Waals surface area (Å²) < 4.78 is 0. The number of nitrogens with zero attached hydrogens (tertiary/aromatic N) is 1. The SMILES string of the molecule is C[C@H]([NH2+]CC(=O)NCCNc1ccc([N+](=O)[O-])cc1)c1ccccc1Cl. The summed E-state index contributed by atoms with van der Waals surface area (Å²) in [7, 11) is 0. The average Bonchev–Trinajstić information content (AvgIpc) is 2.64. The van der Waals surface area contributed by atoms with Crippen molar-refractivity contribution in [3.05, 3.63) is 69.2 Å². The Labute approximate surface area is 156 Å². The van der Waals surface area contributed by atoms with Gasteiger partial charge in [0.25, 0.3) is 11.6 Å². The summed E-state index contributed by atoms with van der Waals surface area (Å²) in [6.07, 6.45) is 0. The highest BCUT2D eigenvalue weighted by atomic mass is 35.5. The number of hydrogen-bond donors (Lipinski definition) is 3. The average molecular weight is 378 g/mol. The number of rotatable bonds is 9. The fourth-order valence-corrected chi connectivity index (χ4v) is 2.74. The lowest BCUT2D eigenvalue weighted by Crippen LogP contribution is -2.87. The van der Waals surface area contributed by atoms with Gasteiger partial charge in [-0.05, 0) is 25.1 Å². The molecule has 8 heteroatoms. The van der Waals surface area contributed by atoms with E-state index in [1.165, 1.54) is 12.1 Å². The molecule has 7 nitrogen and oxygen atoms in total. The molecule has 0 aromatic heterocycles. The van der Waals surface area contributed by atoms with Crippen molar-refractivity contribution in [3.8, 4) is 0 Å². The summed E-state index contributed by atoms with van der Waals surface area (Å²) >= 11 is 6.16. The van der Waals surface area contributed by atoms with Crippen LogP contribution in [-0.2, 0) is 4.79 Å². The number of quaternary nitrogens is 1. The quantitative estimate of drug-likeness (QED) is 0.354. The van der Waals surface area contributed by atoms with E-state index < -0.39 is 4.92 Å². The summed E-state index contributed by atoms with van der Waals surface area (Å²) in [6, 6.07) is 13.8. The normalized spacial score (nSPS) is 11.6. The van der Waals surface area contributed by atoms with Gasteiger partial charge in [-0.3, -0.25) is 14.9 Å². The molecule has 0 bridgehead atoms. The minimum atomic E-state index is -0.440. The number of benzene rings is 2. The van der Waals surface area contributed by atoms with E-state index in [0.29, 0.717) is 24.7 Å². The number of non-ortho nitro benzene ring substituents is 1. The minimum absolute atomic E-state index is 0.0482. The zero-order valence-electron chi connectivity index (χ0n) is 14.4. The first-order chi connectivity index (χ1) is 12.5. The van der Waals surface area contributed by atoms with Gasteiger partial charge in [-0.2, -0.15) is 0 Å². The molecule has 138 valence electrons. The van der Waals surface area contributed by atoms with Crippen molar-refractivity contribution in [3.63, 3.8) is 0 Å². The highest BCUT2D eigenvalue weighted by Crippen LogP contribution is 2.19. The monoisotopic (exact) mass is 377 g/mol. The highest BCUT2D eigenvalue weighted by Gasteiger charge is 2.13. The predicted octanol–water partition coefficient (Wildman–Crippen LogP) is 2.10. The number of carbonyl (C=O) groups excluding carboxylic acids is 1. The zero-order chi connectivity index (χ0) is 18.9. The van der Waals surface area contributed by atoms with Gasteiger partial charge in [-0.1, -0.05) is 29.8 Å². The van der Waals surface area contributed by atoms with Crippen LogP contribution in [0.25, 0.3) is 0 Å². The van der Waals surface area contributed by atoms with Crippen LogP contribution < -0.4 is 16.0 Å². The number of hydrogen-bond acceptors (Lipinski definition) is 4. The van der Waals surface area contributed by atoms with Crippen LogP contribution in [0.1, 0.15) is 18.5 Å². The largest absolute Gasteiger partial charge is 0.383 e. The first kappa shape index (κ1) is 19.7. The molecule has 0 unspecified atom stereocenters. The molecule has 0 spiro atoms. The van der Waals surface area contributed by atoms with Crippen LogP contribution in [0.3, 0.4) is 0 Å². The molecule has 0 aliphatic rings. The molecule has 0 fully saturated rings. The van der Waals surface area contributed by atoms with E-state index in [2.05, 4.69) is 10.6 Å². The van der Waals surface area contributed by atoms with Gasteiger partial charge < -0.3 is 16.0 Å². The Morgan fingerprint density at radius 3 is 2.54 bits per heavy atom. The van der Waals surface area contributed by atoms with Crippen LogP contribution >= 0.6 is 11.6 Å². The number of anilines is 1. The maximum atomic E-state index is 11.9. The Morgan fingerprint density at radius 1 is 1.19 bits per heavy atom. The van der Waals surface area contributed by atoms with Crippen molar-refractivity contribution in [2.75, 3.05) is 25.0 Å². The van der Waals surface area contributed by atoms with Crippen molar-refractivity contribution in [1.29, 1.82) is 0 Å². The van der Waals surface area contributed by atoms with Crippen molar-refractivity contribution < 1.29 is 15.0 Å². The fourth-order valence-electron chi connectivity index (χ4n) is 2.44. The van der Waals surface area contributed by atoms with E-state index in [1.807, 2.05) is 36.5 Å². The molecule has 0 saturated carbocycles. The maximum absolute atomic E-state index is 11.9. The number of amides is 1. The van der Waals surface area contributed by atoms with E-state index >= 15 is 0 Å². The number of nitrogens with one attached hydrogen (secondary N) is 2. The highest BCUT2D eigenvalue weighted by molar-refractivity contribution is 6.31. The number of nitrogens with two attached hydrogens (primary N) is 1. The number of nitro groups is 1. The van der Waals surface area contributed by atoms with Gasteiger partial charge in [0.2, 0.25) is 0 Å². The summed E-state index contributed by atoms with van der Waals surface area (Å²) in [5.74, 6) is -0.0607. The summed E-state index contributed by atoms with van der Waals surface area (Å²) in [5.41, 5.74) is 1.82. The smallest absolute Gasteiger partial charge is 0.275 e. The van der Waals surface area contributed by atoms with Gasteiger partial charge in [0.05, 0.1) is 4.92 Å². The lowest BCUT2D eigenvalue weighted by molar-refractivity contribution is -0.682. The molecule has 0 aliphatic carbocycles. The summed E-state index contributed by atoms with van der Waals surface area (Å²) in [6.45, 7) is 3.31. The Bertz CT molecular complexity index is 752. The first-order valence-electron chi connectivity index (χ1n) is 8.30. The van der Waals surface area contributed by atoms with E-state index in [9.17, 15) is 14.9 Å². The third kappa shape index (κ3) is 6.02. The molecule has 0 aliphatic heterocycles. The van der Waals surface area contributed by atoms with Crippen LogP contribution in [0.15, 0.2) is 48.5 Å². The van der Waals surface area contributed by atoms with Crippen molar-refractivity contribution in [1.82, 2.24) is 5.32 Å². The molecule has 2 rings (SSSR count). The van der Waals surface area contributed by atoms with Crippen molar-refractivity contribution >= 4 is 28.9 Å². The van der Waals surface area contributed by atoms with Gasteiger partial charge in [-0.25, -0.2) is 0 Å². The van der Waals surface area contributed by atoms with E-state index in [0.717, 1.165) is 11.3 Å². The molecule has 1 atom stereocenters. The Kier molecular flexibility index (Phi) is 7.37. The molecule has 2 aromatic carbocycles. The second-order valence-corrected chi connectivity index (χ2v) is 6.24. The van der Waals surface area contributed by atoms with E-state index in [-0.39, 0.29) is 17.6 Å². The van der Waals surface area contributed by atoms with Gasteiger partial charge in [-0.15, -0.1) is 0 Å². The second kappa shape index (κ2) is 9.74. The Morgan fingerprint density at radius 2 is 1.88 bits per heavy atom. The summed E-state index contributed by atoms with van der Waals surface area (Å²) in [4.78, 5) is 22.1. The lowest BCUT2D eigenvalue weighted by Gasteiger charge is -2.12. The maximum Gasteiger partial charge on any atom is 0.275 e. The summed E-state index contributed by atoms with van der Waals surface area (Å²) in [5, 5.41) is 19.2. The van der Waals surface area contributed by atoms with Gasteiger partial charge in [0.15, 0.2) is 6.54 Å². The Balaban J connectivity index is 1.66. The molecule has 0 saturated heterocycles. The fraction of sp³-hybridized carbons (Fsp3) is 0.278. The standard InChI is InChI=1S/C18H21ClN4O3/c1-13(16-4-2-3-5-17(16)19)22-12-18(24)21-11-10-20-14-6-8-15(9-7-14)23(25)26/h2-9,13,20,22H,10-12H2,1H3,(H,21,24)/p+1/t13-/m0/s1. The molecule has 26 heavy (non-hydrogen) atoms. The molecule has 0 heterocycles. The van der Waals surface area contributed by atoms with E-state index in [1.54, 1.807) is 12.1 Å². The van der Waals surface area contributed by atoms with Crippen LogP contribution in [-0.4, -0.2) is 30.5 Å². The number of halogens is 1. The predicted molar refractivity (Wildman–Crippen MR) is 101 cm³/mol. The molecule has 0 radical (unpaired) electrons. The van der Waals surface area contributed by atoms with Crippen molar-refractivity contribution in [2.45, 2.75) is 13.0 Å². The van der Waals surface area contributed by atoms with Crippen LogP contribution in [0.5, 0.6) is 0 Å². The topological polar surface area (TPSA) is 101 Å². The molecular formula is C18H22ClN4O3+. The Hall–Kier alpha value is -2.64. The molecule has 4 N–H and O–H groups in total. The third-order valence-electron chi connectivity index (χ3n) is 3.91. The lowest BCUT2D eigenvalue weighted by atomic mass is 10.1. The third-order valence-corrected chi connectivity index (χ3v) is 4.25. The van der Waals surface area contributed by atoms with E-state index in [4.69, 9.17) is 11.6 Å². The van der Waals surface area contributed by atoms with Gasteiger partial charge >= 0.3 is 0 Å². The first-order valence-corrected chi connectivity index (χ1v) is 8.68. The number of nitro benzene ring substituents is 1.